The van der Waals surface area contributed by atoms with E-state index in [1.54, 1.807) is 0 Å². The van der Waals surface area contributed by atoms with E-state index in [1.807, 2.05) is 67.6 Å². The topological polar surface area (TPSA) is 66.5 Å². The molecule has 0 fully saturated rings. The first kappa shape index (κ1) is 20.8. The maximum Gasteiger partial charge on any atom is 0.252 e. The van der Waals surface area contributed by atoms with E-state index in [0.29, 0.717) is 5.56 Å². The highest BCUT2D eigenvalue weighted by Crippen LogP contribution is 2.29. The van der Waals surface area contributed by atoms with Crippen molar-refractivity contribution >= 4 is 15.9 Å². The van der Waals surface area contributed by atoms with Gasteiger partial charge in [0.25, 0.3) is 5.91 Å². The summed E-state index contributed by atoms with van der Waals surface area (Å²) in [7, 11) is -0.592. The summed E-state index contributed by atoms with van der Waals surface area (Å²) >= 11 is 0. The third-order valence-electron chi connectivity index (χ3n) is 4.96. The molecule has 0 saturated heterocycles. The van der Waals surface area contributed by atoms with Gasteiger partial charge in [0.1, 0.15) is 0 Å². The van der Waals surface area contributed by atoms with Crippen molar-refractivity contribution in [3.8, 4) is 0 Å². The van der Waals surface area contributed by atoms with Crippen LogP contribution in [0.3, 0.4) is 0 Å². The average molecular weight is 409 g/mol. The van der Waals surface area contributed by atoms with Crippen LogP contribution in [0.25, 0.3) is 0 Å². The normalized spacial score (nSPS) is 12.0. The Kier molecular flexibility index (Phi) is 5.86. The molecular formula is C23H24N2O3S. The maximum absolute atomic E-state index is 13.0. The van der Waals surface area contributed by atoms with Gasteiger partial charge in [0.15, 0.2) is 0 Å². The molecule has 29 heavy (non-hydrogen) atoms. The van der Waals surface area contributed by atoms with Crippen LogP contribution in [0.4, 0.5) is 0 Å². The third-order valence-corrected chi connectivity index (χ3v) is 6.79. The SMILES string of the molecule is CN(C)S(=O)(=O)c1ccc(C(=O)NC(C)(c2ccccc2)c2ccccc2)cc1. The van der Waals surface area contributed by atoms with Gasteiger partial charge in [-0.25, -0.2) is 12.7 Å². The first-order valence-corrected chi connectivity index (χ1v) is 10.7. The summed E-state index contributed by atoms with van der Waals surface area (Å²) in [5.41, 5.74) is 1.55. The molecule has 150 valence electrons. The number of carbonyl (C=O) groups excluding carboxylic acids is 1. The predicted molar refractivity (Wildman–Crippen MR) is 114 cm³/mol. The summed E-state index contributed by atoms with van der Waals surface area (Å²) in [4.78, 5) is 13.2. The highest BCUT2D eigenvalue weighted by molar-refractivity contribution is 7.89. The Hall–Kier alpha value is -2.96. The molecule has 0 aliphatic heterocycles. The number of hydrogen-bond donors (Lipinski definition) is 1. The molecule has 3 rings (SSSR count). The summed E-state index contributed by atoms with van der Waals surface area (Å²) in [6.45, 7) is 1.96. The fourth-order valence-electron chi connectivity index (χ4n) is 3.14. The lowest BCUT2D eigenvalue weighted by Gasteiger charge is -2.32. The van der Waals surface area contributed by atoms with Crippen LogP contribution in [-0.4, -0.2) is 32.7 Å². The smallest absolute Gasteiger partial charge is 0.252 e. The Labute approximate surface area is 172 Å². The molecule has 0 aliphatic rings. The first-order valence-electron chi connectivity index (χ1n) is 9.21. The largest absolute Gasteiger partial charge is 0.339 e. The number of sulfonamides is 1. The molecule has 0 heterocycles. The molecule has 0 aliphatic carbocycles. The van der Waals surface area contributed by atoms with Crippen LogP contribution in [0.5, 0.6) is 0 Å². The summed E-state index contributed by atoms with van der Waals surface area (Å²) in [5.74, 6) is -0.283. The van der Waals surface area contributed by atoms with Crippen molar-refractivity contribution in [3.05, 3.63) is 102 Å². The van der Waals surface area contributed by atoms with E-state index in [9.17, 15) is 13.2 Å². The van der Waals surface area contributed by atoms with Crippen LogP contribution in [0.15, 0.2) is 89.8 Å². The number of nitrogens with zero attached hydrogens (tertiary/aromatic N) is 1. The Balaban J connectivity index is 1.94. The molecule has 3 aromatic carbocycles. The lowest BCUT2D eigenvalue weighted by atomic mass is 9.84. The van der Waals surface area contributed by atoms with Crippen molar-refractivity contribution in [2.75, 3.05) is 14.1 Å². The average Bonchev–Trinajstić information content (AvgIpc) is 2.75. The zero-order chi connectivity index (χ0) is 21.1. The number of amides is 1. The molecule has 6 heteroatoms. The van der Waals surface area contributed by atoms with E-state index in [2.05, 4.69) is 5.32 Å². The number of carbonyl (C=O) groups is 1. The molecule has 0 aromatic heterocycles. The van der Waals surface area contributed by atoms with Crippen LogP contribution in [0.1, 0.15) is 28.4 Å². The Morgan fingerprint density at radius 2 is 1.24 bits per heavy atom. The van der Waals surface area contributed by atoms with Gasteiger partial charge in [0.2, 0.25) is 10.0 Å². The maximum atomic E-state index is 13.0. The van der Waals surface area contributed by atoms with Gasteiger partial charge in [-0.15, -0.1) is 0 Å². The minimum absolute atomic E-state index is 0.146. The molecule has 0 bridgehead atoms. The summed E-state index contributed by atoms with van der Waals surface area (Å²) in [5, 5.41) is 3.12. The summed E-state index contributed by atoms with van der Waals surface area (Å²) in [6, 6.07) is 25.4. The van der Waals surface area contributed by atoms with Crippen LogP contribution in [-0.2, 0) is 15.6 Å². The molecule has 1 N–H and O–H groups in total. The highest BCUT2D eigenvalue weighted by Gasteiger charge is 2.31. The van der Waals surface area contributed by atoms with Gasteiger partial charge in [-0.1, -0.05) is 60.7 Å². The van der Waals surface area contributed by atoms with Crippen molar-refractivity contribution in [2.24, 2.45) is 0 Å². The molecular weight excluding hydrogens is 384 g/mol. The number of rotatable bonds is 6. The highest BCUT2D eigenvalue weighted by atomic mass is 32.2. The summed E-state index contributed by atoms with van der Waals surface area (Å²) < 4.78 is 25.6. The monoisotopic (exact) mass is 408 g/mol. The van der Waals surface area contributed by atoms with Gasteiger partial charge in [-0.3, -0.25) is 4.79 Å². The van der Waals surface area contributed by atoms with Gasteiger partial charge < -0.3 is 5.32 Å². The van der Waals surface area contributed by atoms with Crippen molar-refractivity contribution in [1.29, 1.82) is 0 Å². The molecule has 5 nitrogen and oxygen atoms in total. The van der Waals surface area contributed by atoms with Crippen LogP contribution in [0, 0.1) is 0 Å². The number of hydrogen-bond acceptors (Lipinski definition) is 3. The van der Waals surface area contributed by atoms with Gasteiger partial charge in [-0.2, -0.15) is 0 Å². The molecule has 0 atom stereocenters. The lowest BCUT2D eigenvalue weighted by Crippen LogP contribution is -2.44. The third kappa shape index (κ3) is 4.23. The first-order chi connectivity index (χ1) is 13.7. The zero-order valence-electron chi connectivity index (χ0n) is 16.7. The van der Waals surface area contributed by atoms with Crippen molar-refractivity contribution < 1.29 is 13.2 Å². The zero-order valence-corrected chi connectivity index (χ0v) is 17.5. The van der Waals surface area contributed by atoms with Gasteiger partial charge in [0, 0.05) is 19.7 Å². The fourth-order valence-corrected chi connectivity index (χ4v) is 4.04. The van der Waals surface area contributed by atoms with E-state index in [0.717, 1.165) is 15.4 Å². The minimum atomic E-state index is -3.54. The van der Waals surface area contributed by atoms with Crippen molar-refractivity contribution in [2.45, 2.75) is 17.4 Å². The molecule has 0 unspecified atom stereocenters. The second kappa shape index (κ2) is 8.19. The molecule has 0 radical (unpaired) electrons. The molecule has 1 amide bonds. The second-order valence-electron chi connectivity index (χ2n) is 7.12. The minimum Gasteiger partial charge on any atom is -0.339 e. The van der Waals surface area contributed by atoms with Crippen molar-refractivity contribution in [3.63, 3.8) is 0 Å². The van der Waals surface area contributed by atoms with E-state index in [4.69, 9.17) is 0 Å². The number of benzene rings is 3. The second-order valence-corrected chi connectivity index (χ2v) is 9.27. The molecule has 0 saturated carbocycles. The molecule has 0 spiro atoms. The van der Waals surface area contributed by atoms with E-state index in [1.165, 1.54) is 38.4 Å². The lowest BCUT2D eigenvalue weighted by molar-refractivity contribution is 0.0919. The van der Waals surface area contributed by atoms with Gasteiger partial charge >= 0.3 is 0 Å². The van der Waals surface area contributed by atoms with Gasteiger partial charge in [-0.05, 0) is 42.3 Å². The van der Waals surface area contributed by atoms with E-state index in [-0.39, 0.29) is 10.8 Å². The Morgan fingerprint density at radius 3 is 1.66 bits per heavy atom. The van der Waals surface area contributed by atoms with Gasteiger partial charge in [0.05, 0.1) is 10.4 Å². The van der Waals surface area contributed by atoms with E-state index < -0.39 is 15.6 Å². The van der Waals surface area contributed by atoms with E-state index >= 15 is 0 Å². The summed E-state index contributed by atoms with van der Waals surface area (Å²) in [6.07, 6.45) is 0. The van der Waals surface area contributed by atoms with Crippen LogP contribution < -0.4 is 5.32 Å². The van der Waals surface area contributed by atoms with Crippen LogP contribution >= 0.6 is 0 Å². The standard InChI is InChI=1S/C23H24N2O3S/c1-23(19-10-6-4-7-11-19,20-12-8-5-9-13-20)24-22(26)18-14-16-21(17-15-18)29(27,28)25(2)3/h4-17H,1-3H3,(H,24,26). The van der Waals surface area contributed by atoms with Crippen LogP contribution in [0.2, 0.25) is 0 Å². The Morgan fingerprint density at radius 1 is 0.793 bits per heavy atom. The predicted octanol–water partition coefficient (Wildman–Crippen LogP) is 3.63. The number of nitrogens with one attached hydrogen (secondary N) is 1. The quantitative estimate of drug-likeness (QED) is 0.677. The fraction of sp³-hybridized carbons (Fsp3) is 0.174. The van der Waals surface area contributed by atoms with Crippen molar-refractivity contribution in [1.82, 2.24) is 9.62 Å². The molecule has 3 aromatic rings. The Bertz CT molecular complexity index is 1040.